The van der Waals surface area contributed by atoms with Crippen molar-refractivity contribution in [2.75, 3.05) is 11.5 Å². The van der Waals surface area contributed by atoms with Crippen LogP contribution in [0.25, 0.3) is 5.76 Å². The number of Topliss-reactive ketones (excluding diaryl/α,β-unsaturated/α-hetero) is 1. The maximum Gasteiger partial charge on any atom is 0.301 e. The molecule has 3 heterocycles. The lowest BCUT2D eigenvalue weighted by Crippen LogP contribution is -2.29. The summed E-state index contributed by atoms with van der Waals surface area (Å²) in [5.41, 5.74) is 1.82. The Morgan fingerprint density at radius 3 is 2.46 bits per heavy atom. The standard InChI is InChI=1S/C28H23FN4O4S2/c1-2-15-37-21-9-5-18(6-10-21)23-22(24(34)19-11-13-30-14-12-19)25(35)26(36)33(23)27-31-32-28(39-27)38-16-17-3-7-20(29)8-4-17/h3-14,23,34H,2,15-16H2,1H3/b24-22+. The number of aliphatic hydroxyl groups excluding tert-OH is 1. The van der Waals surface area contributed by atoms with Gasteiger partial charge in [0.25, 0.3) is 5.78 Å². The van der Waals surface area contributed by atoms with Crippen LogP contribution in [-0.2, 0) is 15.3 Å². The second kappa shape index (κ2) is 11.7. The summed E-state index contributed by atoms with van der Waals surface area (Å²) in [7, 11) is 0. The van der Waals surface area contributed by atoms with Crippen molar-refractivity contribution in [2.45, 2.75) is 29.5 Å². The summed E-state index contributed by atoms with van der Waals surface area (Å²) >= 11 is 2.55. The van der Waals surface area contributed by atoms with Crippen LogP contribution >= 0.6 is 23.1 Å². The number of pyridine rings is 1. The van der Waals surface area contributed by atoms with Crippen molar-refractivity contribution in [1.29, 1.82) is 0 Å². The summed E-state index contributed by atoms with van der Waals surface area (Å²) in [4.78, 5) is 31.9. The first-order valence-corrected chi connectivity index (χ1v) is 13.9. The molecule has 0 bridgehead atoms. The number of anilines is 1. The average molecular weight is 563 g/mol. The largest absolute Gasteiger partial charge is 0.507 e. The number of nitrogens with zero attached hydrogens (tertiary/aromatic N) is 4. The van der Waals surface area contributed by atoms with E-state index in [2.05, 4.69) is 15.2 Å². The van der Waals surface area contributed by atoms with Gasteiger partial charge in [0.15, 0.2) is 4.34 Å². The van der Waals surface area contributed by atoms with Crippen molar-refractivity contribution >= 4 is 45.7 Å². The summed E-state index contributed by atoms with van der Waals surface area (Å²) in [6.45, 7) is 2.57. The van der Waals surface area contributed by atoms with Crippen molar-refractivity contribution < 1.29 is 23.8 Å². The first kappa shape index (κ1) is 26.5. The number of halogens is 1. The number of rotatable bonds is 9. The predicted molar refractivity (Wildman–Crippen MR) is 147 cm³/mol. The molecular weight excluding hydrogens is 539 g/mol. The van der Waals surface area contributed by atoms with Gasteiger partial charge in [0.05, 0.1) is 18.2 Å². The highest BCUT2D eigenvalue weighted by molar-refractivity contribution is 8.00. The minimum atomic E-state index is -0.929. The molecule has 0 saturated carbocycles. The molecule has 0 aliphatic carbocycles. The maximum absolute atomic E-state index is 13.4. The third-order valence-corrected chi connectivity index (χ3v) is 8.07. The number of ether oxygens (including phenoxy) is 1. The quantitative estimate of drug-likeness (QED) is 0.0900. The van der Waals surface area contributed by atoms with Crippen LogP contribution in [0.1, 0.15) is 36.1 Å². The first-order valence-electron chi connectivity index (χ1n) is 12.1. The van der Waals surface area contributed by atoms with Crippen molar-refractivity contribution in [1.82, 2.24) is 15.2 Å². The molecule has 4 aromatic rings. The Hall–Kier alpha value is -4.09. The van der Waals surface area contributed by atoms with E-state index in [4.69, 9.17) is 4.74 Å². The fourth-order valence-corrected chi connectivity index (χ4v) is 5.88. The number of aliphatic hydroxyl groups is 1. The molecule has 1 amide bonds. The molecule has 198 valence electrons. The number of aromatic nitrogens is 3. The summed E-state index contributed by atoms with van der Waals surface area (Å²) in [5, 5.41) is 19.8. The van der Waals surface area contributed by atoms with Gasteiger partial charge in [0.2, 0.25) is 5.13 Å². The molecule has 1 aliphatic heterocycles. The van der Waals surface area contributed by atoms with Gasteiger partial charge in [-0.25, -0.2) is 4.39 Å². The van der Waals surface area contributed by atoms with Crippen molar-refractivity contribution in [2.24, 2.45) is 0 Å². The zero-order valence-corrected chi connectivity index (χ0v) is 22.4. The van der Waals surface area contributed by atoms with Crippen molar-refractivity contribution in [3.8, 4) is 5.75 Å². The molecule has 8 nitrogen and oxygen atoms in total. The Bertz CT molecular complexity index is 1510. The molecule has 39 heavy (non-hydrogen) atoms. The van der Waals surface area contributed by atoms with Crippen molar-refractivity contribution in [3.05, 3.63) is 101 Å². The number of amides is 1. The van der Waals surface area contributed by atoms with Crippen LogP contribution in [0.15, 0.2) is 83.0 Å². The molecule has 2 aromatic carbocycles. The normalized spacial score (nSPS) is 16.6. The fourth-order valence-electron chi connectivity index (χ4n) is 4.06. The lowest BCUT2D eigenvalue weighted by molar-refractivity contribution is -0.132. The summed E-state index contributed by atoms with van der Waals surface area (Å²) in [6.07, 6.45) is 3.84. The minimum Gasteiger partial charge on any atom is -0.507 e. The Balaban J connectivity index is 1.51. The third-order valence-electron chi connectivity index (χ3n) is 5.94. The van der Waals surface area contributed by atoms with Gasteiger partial charge in [-0.3, -0.25) is 19.5 Å². The molecule has 1 fully saturated rings. The summed E-state index contributed by atoms with van der Waals surface area (Å²) in [5.74, 6) is -1.07. The topological polar surface area (TPSA) is 106 Å². The molecule has 0 radical (unpaired) electrons. The molecule has 1 N–H and O–H groups in total. The second-order valence-electron chi connectivity index (χ2n) is 8.59. The molecule has 2 aromatic heterocycles. The predicted octanol–water partition coefficient (Wildman–Crippen LogP) is 5.78. The number of hydrogen-bond donors (Lipinski definition) is 1. The van der Waals surface area contributed by atoms with Gasteiger partial charge < -0.3 is 9.84 Å². The highest BCUT2D eigenvalue weighted by Crippen LogP contribution is 2.44. The van der Waals surface area contributed by atoms with Gasteiger partial charge in [-0.15, -0.1) is 10.2 Å². The number of ketones is 1. The molecule has 1 atom stereocenters. The second-order valence-corrected chi connectivity index (χ2v) is 10.8. The highest BCUT2D eigenvalue weighted by atomic mass is 32.2. The van der Waals surface area contributed by atoms with Crippen LogP contribution in [0.2, 0.25) is 0 Å². The number of benzene rings is 2. The lowest BCUT2D eigenvalue weighted by Gasteiger charge is -2.22. The van der Waals surface area contributed by atoms with E-state index in [0.717, 1.165) is 23.3 Å². The van der Waals surface area contributed by atoms with Gasteiger partial charge in [0.1, 0.15) is 17.3 Å². The Morgan fingerprint density at radius 2 is 1.77 bits per heavy atom. The van der Waals surface area contributed by atoms with E-state index < -0.39 is 17.7 Å². The Labute approximate surface area is 232 Å². The van der Waals surface area contributed by atoms with Crippen LogP contribution in [0.3, 0.4) is 0 Å². The van der Waals surface area contributed by atoms with Crippen LogP contribution in [0, 0.1) is 5.82 Å². The van der Waals surface area contributed by atoms with Gasteiger partial charge in [0, 0.05) is 23.7 Å². The van der Waals surface area contributed by atoms with Crippen LogP contribution in [0.4, 0.5) is 9.52 Å². The molecule has 1 unspecified atom stereocenters. The molecule has 0 spiro atoms. The maximum atomic E-state index is 13.4. The monoisotopic (exact) mass is 562 g/mol. The van der Waals surface area contributed by atoms with E-state index in [1.807, 2.05) is 6.92 Å². The van der Waals surface area contributed by atoms with E-state index in [0.29, 0.717) is 33.6 Å². The Kier molecular flexibility index (Phi) is 7.99. The van der Waals surface area contributed by atoms with E-state index >= 15 is 0 Å². The smallest absolute Gasteiger partial charge is 0.301 e. The molecule has 5 rings (SSSR count). The summed E-state index contributed by atoms with van der Waals surface area (Å²) in [6, 6.07) is 15.4. The third kappa shape index (κ3) is 5.69. The van der Waals surface area contributed by atoms with Crippen LogP contribution in [0.5, 0.6) is 5.75 Å². The van der Waals surface area contributed by atoms with E-state index in [9.17, 15) is 19.1 Å². The van der Waals surface area contributed by atoms with E-state index in [-0.39, 0.29) is 22.3 Å². The molecular formula is C28H23FN4O4S2. The van der Waals surface area contributed by atoms with Gasteiger partial charge in [-0.1, -0.05) is 54.3 Å². The van der Waals surface area contributed by atoms with Gasteiger partial charge in [-0.2, -0.15) is 0 Å². The van der Waals surface area contributed by atoms with Crippen LogP contribution in [-0.4, -0.2) is 38.6 Å². The fraction of sp³-hybridized carbons (Fsp3) is 0.179. The first-order chi connectivity index (χ1) is 19.0. The molecule has 11 heteroatoms. The number of thioether (sulfide) groups is 1. The number of carbonyl (C=O) groups is 2. The highest BCUT2D eigenvalue weighted by Gasteiger charge is 2.48. The SMILES string of the molecule is CCCOc1ccc(C2/C(=C(\O)c3ccncc3)C(=O)C(=O)N2c2nnc(SCc3ccc(F)cc3)s2)cc1. The Morgan fingerprint density at radius 1 is 1.05 bits per heavy atom. The number of carbonyl (C=O) groups excluding carboxylic acids is 2. The van der Waals surface area contributed by atoms with Gasteiger partial charge in [-0.05, 0) is 53.9 Å². The lowest BCUT2D eigenvalue weighted by atomic mass is 9.95. The average Bonchev–Trinajstić information content (AvgIpc) is 3.54. The number of hydrogen-bond acceptors (Lipinski definition) is 9. The minimum absolute atomic E-state index is 0.0517. The van der Waals surface area contributed by atoms with E-state index in [1.165, 1.54) is 41.2 Å². The van der Waals surface area contributed by atoms with Gasteiger partial charge >= 0.3 is 5.91 Å². The molecule has 1 aliphatic rings. The van der Waals surface area contributed by atoms with Crippen LogP contribution < -0.4 is 9.64 Å². The zero-order chi connectivity index (χ0) is 27.4. The molecule has 1 saturated heterocycles. The zero-order valence-electron chi connectivity index (χ0n) is 20.8. The summed E-state index contributed by atoms with van der Waals surface area (Å²) < 4.78 is 19.5. The van der Waals surface area contributed by atoms with E-state index in [1.54, 1.807) is 48.5 Å². The van der Waals surface area contributed by atoms with Crippen molar-refractivity contribution in [3.63, 3.8) is 0 Å².